The van der Waals surface area contributed by atoms with Crippen molar-refractivity contribution in [2.75, 3.05) is 19.0 Å². The van der Waals surface area contributed by atoms with E-state index < -0.39 is 28.7 Å². The number of hydrogen-bond acceptors (Lipinski definition) is 7. The monoisotopic (exact) mass is 352 g/mol. The van der Waals surface area contributed by atoms with E-state index in [4.69, 9.17) is 5.73 Å². The number of ether oxygens (including phenoxy) is 1. The number of benzene rings is 1. The molecule has 1 rings (SSSR count). The molecular formula is C15H20N4O6. The minimum atomic E-state index is -0.782. The van der Waals surface area contributed by atoms with Gasteiger partial charge in [-0.25, -0.2) is 4.79 Å². The molecule has 0 heterocycles. The fraction of sp³-hybridized carbons (Fsp3) is 0.400. The van der Waals surface area contributed by atoms with E-state index in [1.165, 1.54) is 6.07 Å². The third-order valence-corrected chi connectivity index (χ3v) is 3.28. The molecule has 0 radical (unpaired) electrons. The molecule has 0 bridgehead atoms. The SMILES string of the molecule is COC(=O)c1cc(NC(=O)CNC(=O)[C@@H](N)C(C)C)cc([N+](=O)[O-])c1. The van der Waals surface area contributed by atoms with Gasteiger partial charge in [-0.1, -0.05) is 13.8 Å². The lowest BCUT2D eigenvalue weighted by atomic mass is 10.1. The Bertz CT molecular complexity index is 689. The van der Waals surface area contributed by atoms with Crippen LogP contribution in [0.5, 0.6) is 0 Å². The number of esters is 1. The normalized spacial score (nSPS) is 11.6. The molecule has 0 fully saturated rings. The third kappa shape index (κ3) is 5.84. The molecule has 1 aromatic carbocycles. The van der Waals surface area contributed by atoms with E-state index in [9.17, 15) is 24.5 Å². The largest absolute Gasteiger partial charge is 0.465 e. The Morgan fingerprint density at radius 2 is 1.92 bits per heavy atom. The summed E-state index contributed by atoms with van der Waals surface area (Å²) in [7, 11) is 1.13. The fourth-order valence-corrected chi connectivity index (χ4v) is 1.82. The van der Waals surface area contributed by atoms with Crippen LogP contribution in [-0.2, 0) is 14.3 Å². The molecule has 0 aliphatic carbocycles. The Morgan fingerprint density at radius 3 is 2.44 bits per heavy atom. The standard InChI is InChI=1S/C15H20N4O6/c1-8(2)13(16)14(21)17-7-12(20)18-10-4-9(15(22)25-3)5-11(6-10)19(23)24/h4-6,8,13H,7,16H2,1-3H3,(H,17,21)(H,18,20)/t13-/m0/s1. The topological polar surface area (TPSA) is 154 Å². The number of hydrogen-bond donors (Lipinski definition) is 3. The van der Waals surface area contributed by atoms with Gasteiger partial charge < -0.3 is 21.1 Å². The van der Waals surface area contributed by atoms with Crippen molar-refractivity contribution in [2.24, 2.45) is 11.7 Å². The lowest BCUT2D eigenvalue weighted by Gasteiger charge is -2.15. The molecule has 136 valence electrons. The third-order valence-electron chi connectivity index (χ3n) is 3.28. The maximum Gasteiger partial charge on any atom is 0.338 e. The quantitative estimate of drug-likeness (QED) is 0.365. The highest BCUT2D eigenvalue weighted by Gasteiger charge is 2.19. The molecule has 0 spiro atoms. The van der Waals surface area contributed by atoms with Crippen molar-refractivity contribution in [3.8, 4) is 0 Å². The zero-order valence-corrected chi connectivity index (χ0v) is 14.1. The van der Waals surface area contributed by atoms with E-state index in [0.29, 0.717) is 0 Å². The number of non-ortho nitro benzene ring substituents is 1. The van der Waals surface area contributed by atoms with Gasteiger partial charge in [-0.3, -0.25) is 19.7 Å². The van der Waals surface area contributed by atoms with Gasteiger partial charge in [0.05, 0.1) is 30.2 Å². The molecule has 1 atom stereocenters. The first-order chi connectivity index (χ1) is 11.6. The van der Waals surface area contributed by atoms with Crippen LogP contribution in [0.2, 0.25) is 0 Å². The van der Waals surface area contributed by atoms with Crippen LogP contribution >= 0.6 is 0 Å². The van der Waals surface area contributed by atoms with Crippen molar-refractivity contribution in [1.82, 2.24) is 5.32 Å². The first kappa shape index (κ1) is 20.0. The van der Waals surface area contributed by atoms with Gasteiger partial charge in [0.15, 0.2) is 0 Å². The molecule has 0 aliphatic rings. The predicted molar refractivity (Wildman–Crippen MR) is 88.9 cm³/mol. The van der Waals surface area contributed by atoms with Gasteiger partial charge in [0.25, 0.3) is 5.69 Å². The maximum absolute atomic E-state index is 11.9. The zero-order chi connectivity index (χ0) is 19.1. The summed E-state index contributed by atoms with van der Waals surface area (Å²) in [6, 6.07) is 2.60. The highest BCUT2D eigenvalue weighted by atomic mass is 16.6. The Labute approximate surface area is 143 Å². The molecule has 10 heteroatoms. The lowest BCUT2D eigenvalue weighted by molar-refractivity contribution is -0.384. The van der Waals surface area contributed by atoms with Crippen LogP contribution in [0, 0.1) is 16.0 Å². The number of carbonyl (C=O) groups is 3. The number of nitrogens with one attached hydrogen (secondary N) is 2. The van der Waals surface area contributed by atoms with Gasteiger partial charge in [-0.2, -0.15) is 0 Å². The summed E-state index contributed by atoms with van der Waals surface area (Å²) in [6.45, 7) is 3.17. The second-order valence-electron chi connectivity index (χ2n) is 5.55. The van der Waals surface area contributed by atoms with Crippen LogP contribution in [0.4, 0.5) is 11.4 Å². The van der Waals surface area contributed by atoms with Gasteiger partial charge in [-0.15, -0.1) is 0 Å². The summed E-state index contributed by atoms with van der Waals surface area (Å²) in [5.41, 5.74) is 5.21. The average molecular weight is 352 g/mol. The summed E-state index contributed by atoms with van der Waals surface area (Å²) in [5, 5.41) is 15.7. The highest BCUT2D eigenvalue weighted by molar-refractivity contribution is 5.97. The predicted octanol–water partition coefficient (Wildman–Crippen LogP) is 0.419. The van der Waals surface area contributed by atoms with Crippen LogP contribution in [0.15, 0.2) is 18.2 Å². The van der Waals surface area contributed by atoms with Crippen LogP contribution < -0.4 is 16.4 Å². The molecule has 0 aromatic heterocycles. The van der Waals surface area contributed by atoms with Gasteiger partial charge in [0.2, 0.25) is 11.8 Å². The average Bonchev–Trinajstić information content (AvgIpc) is 2.57. The summed E-state index contributed by atoms with van der Waals surface area (Å²) in [4.78, 5) is 45.4. The molecule has 0 unspecified atom stereocenters. The fourth-order valence-electron chi connectivity index (χ4n) is 1.82. The van der Waals surface area contributed by atoms with E-state index in [1.807, 2.05) is 0 Å². The molecule has 2 amide bonds. The summed E-state index contributed by atoms with van der Waals surface area (Å²) >= 11 is 0. The summed E-state index contributed by atoms with van der Waals surface area (Å²) < 4.78 is 4.51. The number of carbonyl (C=O) groups excluding carboxylic acids is 3. The first-order valence-electron chi connectivity index (χ1n) is 7.36. The lowest BCUT2D eigenvalue weighted by Crippen LogP contribution is -2.46. The molecule has 0 saturated heterocycles. The van der Waals surface area contributed by atoms with Gasteiger partial charge in [0.1, 0.15) is 0 Å². The van der Waals surface area contributed by atoms with Crippen molar-refractivity contribution in [3.05, 3.63) is 33.9 Å². The zero-order valence-electron chi connectivity index (χ0n) is 14.1. The number of nitrogens with two attached hydrogens (primary N) is 1. The molecule has 0 aliphatic heterocycles. The molecule has 0 saturated carbocycles. The van der Waals surface area contributed by atoms with Gasteiger partial charge in [0, 0.05) is 17.8 Å². The van der Waals surface area contributed by atoms with Crippen molar-refractivity contribution in [3.63, 3.8) is 0 Å². The Hall–Kier alpha value is -3.01. The second-order valence-corrected chi connectivity index (χ2v) is 5.55. The van der Waals surface area contributed by atoms with E-state index >= 15 is 0 Å². The maximum atomic E-state index is 11.9. The van der Waals surface area contributed by atoms with E-state index in [-0.39, 0.29) is 29.4 Å². The van der Waals surface area contributed by atoms with Gasteiger partial charge in [-0.05, 0) is 12.0 Å². The molecule has 25 heavy (non-hydrogen) atoms. The number of rotatable bonds is 7. The highest BCUT2D eigenvalue weighted by Crippen LogP contribution is 2.21. The summed E-state index contributed by atoms with van der Waals surface area (Å²) in [6.07, 6.45) is 0. The van der Waals surface area contributed by atoms with Crippen LogP contribution in [0.3, 0.4) is 0 Å². The van der Waals surface area contributed by atoms with E-state index in [2.05, 4.69) is 15.4 Å². The van der Waals surface area contributed by atoms with Crippen molar-refractivity contribution in [2.45, 2.75) is 19.9 Å². The minimum absolute atomic E-state index is 0.0296. The van der Waals surface area contributed by atoms with Crippen LogP contribution in [-0.4, -0.2) is 42.4 Å². The molecular weight excluding hydrogens is 332 g/mol. The number of nitro groups is 1. The van der Waals surface area contributed by atoms with E-state index in [1.54, 1.807) is 13.8 Å². The number of anilines is 1. The Morgan fingerprint density at radius 1 is 1.28 bits per heavy atom. The number of amides is 2. The van der Waals surface area contributed by atoms with Crippen molar-refractivity contribution in [1.29, 1.82) is 0 Å². The number of nitro benzene ring substituents is 1. The minimum Gasteiger partial charge on any atom is -0.465 e. The Balaban J connectivity index is 2.82. The van der Waals surface area contributed by atoms with Crippen LogP contribution in [0.25, 0.3) is 0 Å². The van der Waals surface area contributed by atoms with E-state index in [0.717, 1.165) is 19.2 Å². The van der Waals surface area contributed by atoms with Gasteiger partial charge >= 0.3 is 5.97 Å². The summed E-state index contributed by atoms with van der Waals surface area (Å²) in [5.74, 6) is -1.99. The number of methoxy groups -OCH3 is 1. The second kappa shape index (κ2) is 8.73. The number of nitrogens with zero attached hydrogens (tertiary/aromatic N) is 1. The smallest absolute Gasteiger partial charge is 0.338 e. The molecule has 1 aromatic rings. The Kier molecular flexibility index (Phi) is 7.00. The molecule has 4 N–H and O–H groups in total. The molecule has 10 nitrogen and oxygen atoms in total. The van der Waals surface area contributed by atoms with Crippen molar-refractivity contribution >= 4 is 29.2 Å². The van der Waals surface area contributed by atoms with Crippen molar-refractivity contribution < 1.29 is 24.0 Å². The van der Waals surface area contributed by atoms with Crippen LogP contribution in [0.1, 0.15) is 24.2 Å². The first-order valence-corrected chi connectivity index (χ1v) is 7.36.